The Morgan fingerprint density at radius 2 is 2.32 bits per heavy atom. The maximum absolute atomic E-state index is 14.4. The van der Waals surface area contributed by atoms with Gasteiger partial charge in [0.15, 0.2) is 11.2 Å². The molecule has 0 aliphatic carbocycles. The van der Waals surface area contributed by atoms with Crippen molar-refractivity contribution >= 4 is 34.0 Å². The summed E-state index contributed by atoms with van der Waals surface area (Å²) in [7, 11) is 0. The summed E-state index contributed by atoms with van der Waals surface area (Å²) in [6, 6.07) is 4.54. The molecule has 2 saturated heterocycles. The van der Waals surface area contributed by atoms with Gasteiger partial charge in [-0.05, 0) is 12.1 Å². The predicted molar refractivity (Wildman–Crippen MR) is 82.6 cm³/mol. The molecular weight excluding hydrogens is 325 g/mol. The van der Waals surface area contributed by atoms with Crippen molar-refractivity contribution < 1.29 is 14.1 Å². The Morgan fingerprint density at radius 3 is 3.05 bits per heavy atom. The number of amides is 1. The van der Waals surface area contributed by atoms with Crippen molar-refractivity contribution in [2.45, 2.75) is 25.0 Å². The number of aromatic nitrogens is 1. The Bertz CT molecular complexity index is 703. The number of benzene rings is 1. The number of thiazole rings is 1. The van der Waals surface area contributed by atoms with Gasteiger partial charge in [0, 0.05) is 24.4 Å². The first-order valence-corrected chi connectivity index (χ1v) is 8.46. The molecule has 1 aromatic heterocycles. The second kappa shape index (κ2) is 5.30. The maximum Gasteiger partial charge on any atom is 0.292 e. The van der Waals surface area contributed by atoms with Gasteiger partial charge in [-0.1, -0.05) is 17.7 Å². The summed E-state index contributed by atoms with van der Waals surface area (Å²) in [5, 5.41) is 2.79. The lowest BCUT2D eigenvalue weighted by Crippen LogP contribution is -3.12. The second-order valence-electron chi connectivity index (χ2n) is 5.58. The molecule has 1 aromatic carbocycles. The Labute approximate surface area is 136 Å². The minimum atomic E-state index is -0.431. The van der Waals surface area contributed by atoms with E-state index in [1.807, 2.05) is 5.38 Å². The van der Waals surface area contributed by atoms with Crippen LogP contribution >= 0.6 is 22.9 Å². The quantitative estimate of drug-likeness (QED) is 0.910. The van der Waals surface area contributed by atoms with E-state index < -0.39 is 6.17 Å². The zero-order valence-electron chi connectivity index (χ0n) is 11.6. The van der Waals surface area contributed by atoms with Gasteiger partial charge in [-0.15, -0.1) is 11.3 Å². The van der Waals surface area contributed by atoms with Crippen LogP contribution in [0.1, 0.15) is 24.6 Å². The molecule has 3 heterocycles. The van der Waals surface area contributed by atoms with Crippen molar-refractivity contribution in [3.8, 4) is 0 Å². The number of fused-ring (bicyclic) bond motifs is 1. The number of rotatable bonds is 2. The van der Waals surface area contributed by atoms with Gasteiger partial charge in [-0.25, -0.2) is 14.3 Å². The molecule has 4 nitrogen and oxygen atoms in total. The third-order valence-electron chi connectivity index (χ3n) is 4.45. The lowest BCUT2D eigenvalue weighted by Gasteiger charge is -2.25. The molecule has 2 aliphatic rings. The molecular formula is C15H14ClFN3OS+. The van der Waals surface area contributed by atoms with E-state index >= 15 is 0 Å². The van der Waals surface area contributed by atoms with Crippen LogP contribution in [0.15, 0.2) is 29.8 Å². The highest BCUT2D eigenvalue weighted by Crippen LogP contribution is 2.35. The number of carbonyl (C=O) groups excluding carboxylic acids is 1. The first-order valence-electron chi connectivity index (χ1n) is 7.20. The van der Waals surface area contributed by atoms with Gasteiger partial charge in [-0.2, -0.15) is 0 Å². The van der Waals surface area contributed by atoms with Crippen LogP contribution in [0.2, 0.25) is 5.02 Å². The van der Waals surface area contributed by atoms with Crippen LogP contribution < -0.4 is 9.80 Å². The molecule has 0 saturated carbocycles. The molecule has 3 atom stereocenters. The normalized spacial score (nSPS) is 27.5. The number of quaternary nitrogens is 1. The highest BCUT2D eigenvalue weighted by Gasteiger charge is 2.55. The molecule has 0 radical (unpaired) electrons. The predicted octanol–water partition coefficient (Wildman–Crippen LogP) is 2.03. The van der Waals surface area contributed by atoms with Gasteiger partial charge in [0.1, 0.15) is 5.82 Å². The van der Waals surface area contributed by atoms with Crippen molar-refractivity contribution in [2.24, 2.45) is 0 Å². The third-order valence-corrected chi connectivity index (χ3v) is 5.55. The molecule has 3 unspecified atom stereocenters. The van der Waals surface area contributed by atoms with Crippen molar-refractivity contribution in [2.75, 3.05) is 11.4 Å². The smallest absolute Gasteiger partial charge is 0.292 e. The van der Waals surface area contributed by atoms with E-state index in [4.69, 9.17) is 11.6 Å². The first-order chi connectivity index (χ1) is 10.7. The van der Waals surface area contributed by atoms with Crippen LogP contribution in [0.4, 0.5) is 9.52 Å². The van der Waals surface area contributed by atoms with Crippen molar-refractivity contribution in [1.29, 1.82) is 0 Å². The van der Waals surface area contributed by atoms with Gasteiger partial charge in [0.25, 0.3) is 5.91 Å². The fourth-order valence-corrected chi connectivity index (χ4v) is 4.51. The molecule has 2 aromatic rings. The van der Waals surface area contributed by atoms with E-state index in [1.54, 1.807) is 23.2 Å². The van der Waals surface area contributed by atoms with Gasteiger partial charge < -0.3 is 4.90 Å². The molecule has 0 bridgehead atoms. The van der Waals surface area contributed by atoms with E-state index in [0.717, 1.165) is 24.3 Å². The largest absolute Gasteiger partial charge is 0.301 e. The van der Waals surface area contributed by atoms with E-state index in [9.17, 15) is 9.18 Å². The minimum absolute atomic E-state index is 0.0202. The molecule has 7 heteroatoms. The van der Waals surface area contributed by atoms with Crippen LogP contribution in [0.25, 0.3) is 0 Å². The molecule has 114 valence electrons. The summed E-state index contributed by atoms with van der Waals surface area (Å²) in [5.74, 6) is -0.348. The molecule has 1 amide bonds. The highest BCUT2D eigenvalue weighted by atomic mass is 35.5. The maximum atomic E-state index is 14.4. The van der Waals surface area contributed by atoms with E-state index in [-0.39, 0.29) is 17.8 Å². The topological polar surface area (TPSA) is 37.6 Å². The number of nitrogens with one attached hydrogen (secondary N) is 1. The van der Waals surface area contributed by atoms with Crippen LogP contribution in [-0.4, -0.2) is 23.5 Å². The zero-order chi connectivity index (χ0) is 15.3. The number of carbonyl (C=O) groups is 1. The monoisotopic (exact) mass is 338 g/mol. The summed E-state index contributed by atoms with van der Waals surface area (Å²) < 4.78 is 14.4. The average molecular weight is 339 g/mol. The number of hydrogen-bond donors (Lipinski definition) is 1. The molecule has 2 fully saturated rings. The number of anilines is 1. The first kappa shape index (κ1) is 14.1. The van der Waals surface area contributed by atoms with E-state index in [2.05, 4.69) is 4.98 Å². The zero-order valence-corrected chi connectivity index (χ0v) is 13.2. The van der Waals surface area contributed by atoms with Gasteiger partial charge in [0.2, 0.25) is 6.17 Å². The number of nitrogens with zero attached hydrogens (tertiary/aromatic N) is 2. The highest BCUT2D eigenvalue weighted by molar-refractivity contribution is 7.13. The molecule has 22 heavy (non-hydrogen) atoms. The summed E-state index contributed by atoms with van der Waals surface area (Å²) in [5.41, 5.74) is 0.395. The molecule has 4 rings (SSSR count). The summed E-state index contributed by atoms with van der Waals surface area (Å²) in [6.07, 6.45) is 3.03. The van der Waals surface area contributed by atoms with E-state index in [1.165, 1.54) is 17.4 Å². The SMILES string of the molecule is O=C1C2CCC[NH+]2C(c2c(F)cccc2Cl)N1c1nccs1. The Hall–Kier alpha value is -1.50. The number of hydrogen-bond acceptors (Lipinski definition) is 3. The van der Waals surface area contributed by atoms with Gasteiger partial charge in [-0.3, -0.25) is 4.79 Å². The molecule has 2 aliphatic heterocycles. The Balaban J connectivity index is 1.88. The molecule has 1 N–H and O–H groups in total. The lowest BCUT2D eigenvalue weighted by atomic mass is 10.1. The fraction of sp³-hybridized carbons (Fsp3) is 0.333. The third kappa shape index (κ3) is 1.98. The summed E-state index contributed by atoms with van der Waals surface area (Å²) in [4.78, 5) is 19.8. The van der Waals surface area contributed by atoms with E-state index in [0.29, 0.717) is 15.7 Å². The number of halogens is 2. The van der Waals surface area contributed by atoms with Crippen LogP contribution in [-0.2, 0) is 4.79 Å². The lowest BCUT2D eigenvalue weighted by molar-refractivity contribution is -0.924. The van der Waals surface area contributed by atoms with Crippen LogP contribution in [0.3, 0.4) is 0 Å². The second-order valence-corrected chi connectivity index (χ2v) is 6.86. The average Bonchev–Trinajstić information content (AvgIpc) is 3.19. The summed E-state index contributed by atoms with van der Waals surface area (Å²) >= 11 is 7.65. The van der Waals surface area contributed by atoms with Crippen LogP contribution in [0.5, 0.6) is 0 Å². The van der Waals surface area contributed by atoms with Gasteiger partial charge >= 0.3 is 0 Å². The Kier molecular flexibility index (Phi) is 3.40. The van der Waals surface area contributed by atoms with Crippen molar-refractivity contribution in [3.05, 3.63) is 46.2 Å². The Morgan fingerprint density at radius 1 is 1.45 bits per heavy atom. The minimum Gasteiger partial charge on any atom is -0.301 e. The molecule has 0 spiro atoms. The van der Waals surface area contributed by atoms with Crippen molar-refractivity contribution in [3.63, 3.8) is 0 Å². The van der Waals surface area contributed by atoms with Gasteiger partial charge in [0.05, 0.1) is 17.1 Å². The standard InChI is InChI=1S/C15H13ClFN3OS/c16-9-3-1-4-10(17)12(9)13-19-7-2-5-11(19)14(21)20(13)15-18-6-8-22-15/h1,3-4,6,8,11,13H,2,5,7H2/p+1. The summed E-state index contributed by atoms with van der Waals surface area (Å²) in [6.45, 7) is 0.841. The fourth-order valence-electron chi connectivity index (χ4n) is 3.57. The van der Waals surface area contributed by atoms with Crippen LogP contribution in [0, 0.1) is 5.82 Å². The van der Waals surface area contributed by atoms with Crippen molar-refractivity contribution in [1.82, 2.24) is 4.98 Å².